The van der Waals surface area contributed by atoms with Crippen LogP contribution in [0.2, 0.25) is 0 Å². The Balaban J connectivity index is 2.00. The molecule has 0 radical (unpaired) electrons. The number of carbonyl (C=O) groups is 1. The Hall–Kier alpha value is -1.44. The number of hydrogen-bond donors (Lipinski definition) is 2. The summed E-state index contributed by atoms with van der Waals surface area (Å²) < 4.78 is 28.0. The van der Waals surface area contributed by atoms with Crippen molar-refractivity contribution in [3.63, 3.8) is 0 Å². The third-order valence-corrected chi connectivity index (χ3v) is 5.10. The van der Waals surface area contributed by atoms with Gasteiger partial charge < -0.3 is 5.11 Å². The average Bonchev–Trinajstić information content (AvgIpc) is 2.83. The molecule has 7 heteroatoms. The standard InChI is InChI=1S/C13H18N2O4S/c1-13(12(16)17)7-8-15(10-13)20(18,19)14-9-11-5-3-2-4-6-11/h2-6,14H,7-10H2,1H3,(H,16,17). The van der Waals surface area contributed by atoms with Gasteiger partial charge in [-0.2, -0.15) is 17.4 Å². The zero-order chi connectivity index (χ0) is 14.8. The Morgan fingerprint density at radius 1 is 1.40 bits per heavy atom. The number of rotatable bonds is 5. The van der Waals surface area contributed by atoms with Crippen LogP contribution in [0, 0.1) is 5.41 Å². The predicted molar refractivity (Wildman–Crippen MR) is 74.1 cm³/mol. The fourth-order valence-electron chi connectivity index (χ4n) is 2.16. The van der Waals surface area contributed by atoms with Gasteiger partial charge >= 0.3 is 5.97 Å². The number of carboxylic acids is 1. The normalized spacial score (nSPS) is 23.9. The molecule has 2 N–H and O–H groups in total. The molecule has 0 spiro atoms. The van der Waals surface area contributed by atoms with Crippen molar-refractivity contribution in [2.24, 2.45) is 5.41 Å². The lowest BCUT2D eigenvalue weighted by Gasteiger charge is -2.20. The third kappa shape index (κ3) is 3.17. The summed E-state index contributed by atoms with van der Waals surface area (Å²) in [5.41, 5.74) is -0.141. The monoisotopic (exact) mass is 298 g/mol. The quantitative estimate of drug-likeness (QED) is 0.842. The van der Waals surface area contributed by atoms with Crippen LogP contribution in [0.5, 0.6) is 0 Å². The van der Waals surface area contributed by atoms with Gasteiger partial charge in [-0.05, 0) is 18.9 Å². The average molecular weight is 298 g/mol. The molecule has 1 unspecified atom stereocenters. The molecule has 1 heterocycles. The minimum absolute atomic E-state index is 0.00641. The third-order valence-electron chi connectivity index (χ3n) is 3.60. The first kappa shape index (κ1) is 15.0. The second kappa shape index (κ2) is 5.51. The van der Waals surface area contributed by atoms with Gasteiger partial charge in [-0.25, -0.2) is 0 Å². The van der Waals surface area contributed by atoms with Crippen molar-refractivity contribution in [1.82, 2.24) is 9.03 Å². The minimum Gasteiger partial charge on any atom is -0.481 e. The van der Waals surface area contributed by atoms with Crippen LogP contribution in [0.4, 0.5) is 0 Å². The van der Waals surface area contributed by atoms with Crippen LogP contribution in [0.1, 0.15) is 18.9 Å². The molecule has 2 rings (SSSR count). The van der Waals surface area contributed by atoms with Crippen LogP contribution in [-0.2, 0) is 21.5 Å². The van der Waals surface area contributed by atoms with E-state index >= 15 is 0 Å². The van der Waals surface area contributed by atoms with Gasteiger partial charge in [-0.3, -0.25) is 4.79 Å². The van der Waals surface area contributed by atoms with Gasteiger partial charge in [0.15, 0.2) is 0 Å². The molecule has 0 bridgehead atoms. The molecule has 6 nitrogen and oxygen atoms in total. The summed E-state index contributed by atoms with van der Waals surface area (Å²) in [4.78, 5) is 11.1. The molecule has 0 saturated carbocycles. The molecule has 0 aromatic heterocycles. The highest BCUT2D eigenvalue weighted by Gasteiger charge is 2.44. The molecule has 1 aromatic carbocycles. The highest BCUT2D eigenvalue weighted by atomic mass is 32.2. The van der Waals surface area contributed by atoms with Gasteiger partial charge in [0.05, 0.1) is 5.41 Å². The van der Waals surface area contributed by atoms with E-state index in [0.717, 1.165) is 5.56 Å². The second-order valence-electron chi connectivity index (χ2n) is 5.26. The predicted octanol–water partition coefficient (Wildman–Crippen LogP) is 0.818. The van der Waals surface area contributed by atoms with E-state index in [2.05, 4.69) is 4.72 Å². The fraction of sp³-hybridized carbons (Fsp3) is 0.462. The Morgan fingerprint density at radius 3 is 2.60 bits per heavy atom. The largest absolute Gasteiger partial charge is 0.481 e. The fourth-order valence-corrected chi connectivity index (χ4v) is 3.48. The van der Waals surface area contributed by atoms with E-state index in [4.69, 9.17) is 5.11 Å². The first-order chi connectivity index (χ1) is 9.33. The summed E-state index contributed by atoms with van der Waals surface area (Å²) >= 11 is 0. The van der Waals surface area contributed by atoms with E-state index in [9.17, 15) is 13.2 Å². The number of aliphatic carboxylic acids is 1. The van der Waals surface area contributed by atoms with Gasteiger partial charge in [-0.1, -0.05) is 30.3 Å². The topological polar surface area (TPSA) is 86.7 Å². The summed E-state index contributed by atoms with van der Waals surface area (Å²) in [7, 11) is -3.64. The molecule has 0 amide bonds. The number of hydrogen-bond acceptors (Lipinski definition) is 3. The summed E-state index contributed by atoms with van der Waals surface area (Å²) in [5.74, 6) is -0.960. The van der Waals surface area contributed by atoms with Crippen molar-refractivity contribution in [3.8, 4) is 0 Å². The molecule has 1 aliphatic rings. The summed E-state index contributed by atoms with van der Waals surface area (Å²) in [6.07, 6.45) is 0.328. The maximum atomic E-state index is 12.1. The van der Waals surface area contributed by atoms with Crippen molar-refractivity contribution in [3.05, 3.63) is 35.9 Å². The molecular formula is C13H18N2O4S. The number of nitrogens with zero attached hydrogens (tertiary/aromatic N) is 1. The molecule has 20 heavy (non-hydrogen) atoms. The zero-order valence-corrected chi connectivity index (χ0v) is 12.1. The van der Waals surface area contributed by atoms with Crippen molar-refractivity contribution < 1.29 is 18.3 Å². The van der Waals surface area contributed by atoms with Crippen molar-refractivity contribution in [1.29, 1.82) is 0 Å². The number of benzene rings is 1. The van der Waals surface area contributed by atoms with Gasteiger partial charge in [0.2, 0.25) is 0 Å². The first-order valence-corrected chi connectivity index (χ1v) is 7.80. The Morgan fingerprint density at radius 2 is 2.05 bits per heavy atom. The van der Waals surface area contributed by atoms with E-state index in [-0.39, 0.29) is 19.6 Å². The van der Waals surface area contributed by atoms with E-state index in [1.54, 1.807) is 6.92 Å². The van der Waals surface area contributed by atoms with Crippen LogP contribution in [0.25, 0.3) is 0 Å². The van der Waals surface area contributed by atoms with Gasteiger partial charge in [0.25, 0.3) is 10.2 Å². The van der Waals surface area contributed by atoms with Crippen molar-refractivity contribution in [2.45, 2.75) is 19.9 Å². The lowest BCUT2D eigenvalue weighted by atomic mass is 9.90. The maximum absolute atomic E-state index is 12.1. The molecule has 110 valence electrons. The second-order valence-corrected chi connectivity index (χ2v) is 7.02. The highest BCUT2D eigenvalue weighted by Crippen LogP contribution is 2.31. The Labute approximate surface area is 118 Å². The molecule has 1 aromatic rings. The van der Waals surface area contributed by atoms with Crippen molar-refractivity contribution in [2.75, 3.05) is 13.1 Å². The van der Waals surface area contributed by atoms with Gasteiger partial charge in [-0.15, -0.1) is 0 Å². The number of carboxylic acid groups (broad SMARTS) is 1. The molecular weight excluding hydrogens is 280 g/mol. The Bertz CT molecular complexity index is 588. The molecule has 1 fully saturated rings. The number of nitrogens with one attached hydrogen (secondary N) is 1. The lowest BCUT2D eigenvalue weighted by molar-refractivity contribution is -0.146. The smallest absolute Gasteiger partial charge is 0.310 e. The first-order valence-electron chi connectivity index (χ1n) is 6.36. The SMILES string of the molecule is CC1(C(=O)O)CCN(S(=O)(=O)NCc2ccccc2)C1. The van der Waals surface area contributed by atoms with E-state index in [1.807, 2.05) is 30.3 Å². The van der Waals surface area contributed by atoms with Crippen LogP contribution in [-0.4, -0.2) is 36.9 Å². The lowest BCUT2D eigenvalue weighted by Crippen LogP contribution is -2.41. The van der Waals surface area contributed by atoms with Crippen molar-refractivity contribution >= 4 is 16.2 Å². The molecule has 1 aliphatic heterocycles. The summed E-state index contributed by atoms with van der Waals surface area (Å²) in [6.45, 7) is 2.00. The Kier molecular flexibility index (Phi) is 4.12. The van der Waals surface area contributed by atoms with Gasteiger partial charge in [0.1, 0.15) is 0 Å². The maximum Gasteiger partial charge on any atom is 0.310 e. The van der Waals surface area contributed by atoms with Crippen LogP contribution < -0.4 is 4.72 Å². The molecule has 0 aliphatic carbocycles. The minimum atomic E-state index is -3.64. The van der Waals surface area contributed by atoms with E-state index in [0.29, 0.717) is 6.42 Å². The van der Waals surface area contributed by atoms with E-state index in [1.165, 1.54) is 4.31 Å². The van der Waals surface area contributed by atoms with Crippen LogP contribution >= 0.6 is 0 Å². The zero-order valence-electron chi connectivity index (χ0n) is 11.2. The summed E-state index contributed by atoms with van der Waals surface area (Å²) in [5, 5.41) is 9.12. The molecule has 1 atom stereocenters. The molecule has 1 saturated heterocycles. The highest BCUT2D eigenvalue weighted by molar-refractivity contribution is 7.87. The summed E-state index contributed by atoms with van der Waals surface area (Å²) in [6, 6.07) is 9.18. The van der Waals surface area contributed by atoms with Crippen LogP contribution in [0.15, 0.2) is 30.3 Å². The van der Waals surface area contributed by atoms with Gasteiger partial charge in [0, 0.05) is 19.6 Å². The van der Waals surface area contributed by atoms with Crippen LogP contribution in [0.3, 0.4) is 0 Å². The van der Waals surface area contributed by atoms with E-state index < -0.39 is 21.6 Å².